The van der Waals surface area contributed by atoms with Gasteiger partial charge in [-0.05, 0) is 37.8 Å². The Labute approximate surface area is 146 Å². The van der Waals surface area contributed by atoms with E-state index in [2.05, 4.69) is 12.2 Å². The summed E-state index contributed by atoms with van der Waals surface area (Å²) < 4.78 is 5.50. The van der Waals surface area contributed by atoms with Crippen LogP contribution in [0.5, 0.6) is 5.75 Å². The molecule has 1 aromatic carbocycles. The summed E-state index contributed by atoms with van der Waals surface area (Å²) in [6.07, 6.45) is 4.47. The summed E-state index contributed by atoms with van der Waals surface area (Å²) in [4.78, 5) is 23.8. The average Bonchev–Trinajstić information content (AvgIpc) is 2.48. The van der Waals surface area contributed by atoms with E-state index < -0.39 is 0 Å². The highest BCUT2D eigenvalue weighted by molar-refractivity contribution is 6.36. The van der Waals surface area contributed by atoms with Crippen molar-refractivity contribution in [1.29, 1.82) is 0 Å². The lowest BCUT2D eigenvalue weighted by molar-refractivity contribution is -0.124. The van der Waals surface area contributed by atoms with Crippen LogP contribution in [0.4, 0.5) is 0 Å². The molecule has 2 rings (SSSR count). The van der Waals surface area contributed by atoms with Gasteiger partial charge in [-0.2, -0.15) is 0 Å². The maximum absolute atomic E-state index is 12.1. The topological polar surface area (TPSA) is 55.4 Å². The number of halogens is 2. The number of ether oxygens (including phenoxy) is 1. The number of carbonyl (C=O) groups excluding carboxylic acids is 2. The molecule has 23 heavy (non-hydrogen) atoms. The second-order valence-electron chi connectivity index (χ2n) is 6.04. The Bertz CT molecular complexity index is 604. The van der Waals surface area contributed by atoms with E-state index in [4.69, 9.17) is 27.9 Å². The Kier molecular flexibility index (Phi) is 6.31. The van der Waals surface area contributed by atoms with Gasteiger partial charge >= 0.3 is 0 Å². The molecule has 126 valence electrons. The number of nitrogens with one attached hydrogen (secondary N) is 1. The van der Waals surface area contributed by atoms with Gasteiger partial charge in [-0.1, -0.05) is 43.0 Å². The van der Waals surface area contributed by atoms with Crippen molar-refractivity contribution >= 4 is 34.9 Å². The Hall–Kier alpha value is -1.26. The van der Waals surface area contributed by atoms with Crippen molar-refractivity contribution in [2.75, 3.05) is 6.61 Å². The number of carbonyl (C=O) groups is 2. The Morgan fingerprint density at radius 3 is 2.61 bits per heavy atom. The lowest BCUT2D eigenvalue weighted by atomic mass is 9.86. The van der Waals surface area contributed by atoms with E-state index in [1.54, 1.807) is 0 Å². The van der Waals surface area contributed by atoms with Gasteiger partial charge in [0, 0.05) is 11.1 Å². The molecule has 1 N–H and O–H groups in total. The molecule has 0 spiro atoms. The molecule has 0 unspecified atom stereocenters. The molecule has 2 atom stereocenters. The summed E-state index contributed by atoms with van der Waals surface area (Å²) in [6.45, 7) is 3.37. The van der Waals surface area contributed by atoms with Crippen LogP contribution >= 0.6 is 23.2 Å². The molecular weight excluding hydrogens is 337 g/mol. The zero-order valence-electron chi connectivity index (χ0n) is 13.3. The van der Waals surface area contributed by atoms with Crippen LogP contribution in [0.15, 0.2) is 12.1 Å². The van der Waals surface area contributed by atoms with Crippen molar-refractivity contribution in [1.82, 2.24) is 5.32 Å². The Balaban J connectivity index is 2.00. The van der Waals surface area contributed by atoms with Crippen molar-refractivity contribution in [2.45, 2.75) is 45.6 Å². The number of hydrogen-bond acceptors (Lipinski definition) is 3. The molecule has 6 heteroatoms. The fraction of sp³-hybridized carbons (Fsp3) is 0.529. The number of rotatable bonds is 5. The first-order chi connectivity index (χ1) is 10.9. The van der Waals surface area contributed by atoms with Crippen LogP contribution in [0.3, 0.4) is 0 Å². The summed E-state index contributed by atoms with van der Waals surface area (Å²) >= 11 is 12.0. The highest BCUT2D eigenvalue weighted by Gasteiger charge is 2.23. The predicted molar refractivity (Wildman–Crippen MR) is 91.5 cm³/mol. The van der Waals surface area contributed by atoms with Gasteiger partial charge in [0.25, 0.3) is 5.91 Å². The van der Waals surface area contributed by atoms with Crippen molar-refractivity contribution in [3.8, 4) is 5.75 Å². The molecule has 4 nitrogen and oxygen atoms in total. The van der Waals surface area contributed by atoms with Crippen LogP contribution in [-0.4, -0.2) is 24.3 Å². The molecular formula is C17H21Cl2NO3. The van der Waals surface area contributed by atoms with Gasteiger partial charge in [-0.25, -0.2) is 0 Å². The summed E-state index contributed by atoms with van der Waals surface area (Å²) in [5.74, 6) is 0.255. The lowest BCUT2D eigenvalue weighted by Gasteiger charge is -2.29. The molecule has 1 amide bonds. The van der Waals surface area contributed by atoms with Crippen LogP contribution < -0.4 is 10.1 Å². The first-order valence-corrected chi connectivity index (χ1v) is 8.56. The summed E-state index contributed by atoms with van der Waals surface area (Å²) in [5.41, 5.74) is 0.279. The minimum absolute atomic E-state index is 0.176. The van der Waals surface area contributed by atoms with Crippen LogP contribution in [0.25, 0.3) is 0 Å². The largest absolute Gasteiger partial charge is 0.481 e. The number of hydrogen-bond donors (Lipinski definition) is 1. The summed E-state index contributed by atoms with van der Waals surface area (Å²) in [5, 5.41) is 3.58. The van der Waals surface area contributed by atoms with Crippen molar-refractivity contribution in [2.24, 2.45) is 5.92 Å². The molecule has 0 aliphatic heterocycles. The van der Waals surface area contributed by atoms with E-state index in [0.717, 1.165) is 19.3 Å². The van der Waals surface area contributed by atoms with E-state index in [-0.39, 0.29) is 40.7 Å². The van der Waals surface area contributed by atoms with E-state index in [1.807, 2.05) is 0 Å². The number of benzene rings is 1. The van der Waals surface area contributed by atoms with Crippen LogP contribution in [0.1, 0.15) is 49.9 Å². The molecule has 1 saturated carbocycles. The van der Waals surface area contributed by atoms with Crippen molar-refractivity contribution < 1.29 is 14.3 Å². The second-order valence-corrected chi connectivity index (χ2v) is 6.89. The molecule has 1 aliphatic rings. The van der Waals surface area contributed by atoms with E-state index in [0.29, 0.717) is 10.9 Å². The number of Topliss-reactive ketones (excluding diaryl/α,β-unsaturated/α-hetero) is 1. The lowest BCUT2D eigenvalue weighted by Crippen LogP contribution is -2.43. The SMILES string of the molecule is CC(=O)c1cc(Cl)cc(Cl)c1OCC(=O)N[C@@H]1CCCC[C@@H]1C. The molecule has 0 radical (unpaired) electrons. The first kappa shape index (κ1) is 18.1. The summed E-state index contributed by atoms with van der Waals surface area (Å²) in [7, 11) is 0. The van der Waals surface area contributed by atoms with Gasteiger partial charge in [0.05, 0.1) is 10.6 Å². The molecule has 1 fully saturated rings. The van der Waals surface area contributed by atoms with Gasteiger partial charge in [-0.3, -0.25) is 9.59 Å². The molecule has 0 heterocycles. The maximum Gasteiger partial charge on any atom is 0.258 e. The average molecular weight is 358 g/mol. The molecule has 0 bridgehead atoms. The maximum atomic E-state index is 12.1. The highest BCUT2D eigenvalue weighted by Crippen LogP contribution is 2.32. The summed E-state index contributed by atoms with van der Waals surface area (Å²) in [6, 6.07) is 3.17. The molecule has 1 aromatic rings. The van der Waals surface area contributed by atoms with Gasteiger partial charge in [0.15, 0.2) is 12.4 Å². The van der Waals surface area contributed by atoms with Crippen molar-refractivity contribution in [3.63, 3.8) is 0 Å². The monoisotopic (exact) mass is 357 g/mol. The fourth-order valence-corrected chi connectivity index (χ4v) is 3.43. The van der Waals surface area contributed by atoms with Gasteiger partial charge in [0.1, 0.15) is 5.75 Å². The normalized spacial score (nSPS) is 20.9. The van der Waals surface area contributed by atoms with E-state index in [9.17, 15) is 9.59 Å². The third-order valence-electron chi connectivity index (χ3n) is 4.19. The Morgan fingerprint density at radius 2 is 1.96 bits per heavy atom. The Morgan fingerprint density at radius 1 is 1.26 bits per heavy atom. The van der Waals surface area contributed by atoms with Crippen LogP contribution in [-0.2, 0) is 4.79 Å². The van der Waals surface area contributed by atoms with Crippen LogP contribution in [0.2, 0.25) is 10.0 Å². The molecule has 0 saturated heterocycles. The smallest absolute Gasteiger partial charge is 0.258 e. The quantitative estimate of drug-likeness (QED) is 0.800. The zero-order valence-corrected chi connectivity index (χ0v) is 14.8. The fourth-order valence-electron chi connectivity index (χ4n) is 2.89. The van der Waals surface area contributed by atoms with Gasteiger partial charge in [0.2, 0.25) is 0 Å². The third kappa shape index (κ3) is 4.85. The minimum atomic E-state index is -0.217. The number of amides is 1. The minimum Gasteiger partial charge on any atom is -0.481 e. The van der Waals surface area contributed by atoms with E-state index in [1.165, 1.54) is 25.5 Å². The van der Waals surface area contributed by atoms with Gasteiger partial charge in [-0.15, -0.1) is 0 Å². The molecule has 1 aliphatic carbocycles. The standard InChI is InChI=1S/C17H21Cl2NO3/c1-10-5-3-4-6-15(10)20-16(22)9-23-17-13(11(2)21)7-12(18)8-14(17)19/h7-8,10,15H,3-6,9H2,1-2H3,(H,20,22)/t10-,15+/m0/s1. The second kappa shape index (κ2) is 8.02. The van der Waals surface area contributed by atoms with Gasteiger partial charge < -0.3 is 10.1 Å². The third-order valence-corrected chi connectivity index (χ3v) is 4.69. The predicted octanol–water partition coefficient (Wildman–Crippen LogP) is 4.27. The van der Waals surface area contributed by atoms with E-state index >= 15 is 0 Å². The number of ketones is 1. The molecule has 0 aromatic heterocycles. The van der Waals surface area contributed by atoms with Crippen LogP contribution in [0, 0.1) is 5.92 Å². The van der Waals surface area contributed by atoms with Crippen molar-refractivity contribution in [3.05, 3.63) is 27.7 Å². The highest BCUT2D eigenvalue weighted by atomic mass is 35.5. The zero-order chi connectivity index (χ0) is 17.0. The first-order valence-electron chi connectivity index (χ1n) is 7.80.